The fourth-order valence-electron chi connectivity index (χ4n) is 2.03. The number of rotatable bonds is 4. The van der Waals surface area contributed by atoms with Gasteiger partial charge in [0, 0.05) is 12.1 Å². The van der Waals surface area contributed by atoms with Crippen LogP contribution >= 0.6 is 11.6 Å². The first-order chi connectivity index (χ1) is 8.34. The molecule has 0 aromatic heterocycles. The van der Waals surface area contributed by atoms with E-state index in [0.29, 0.717) is 13.0 Å². The van der Waals surface area contributed by atoms with Gasteiger partial charge in [-0.15, -0.1) is 0 Å². The Kier molecular flexibility index (Phi) is 4.79. The molecule has 18 heavy (non-hydrogen) atoms. The largest absolute Gasteiger partial charge is 0.342 e. The number of nitrogens with one attached hydrogen (secondary N) is 1. The third-order valence-corrected chi connectivity index (χ3v) is 3.64. The smallest absolute Gasteiger partial charge is 0.246 e. The van der Waals surface area contributed by atoms with Gasteiger partial charge < -0.3 is 10.2 Å². The first-order valence-electron chi connectivity index (χ1n) is 6.22. The Labute approximate surface area is 113 Å². The van der Waals surface area contributed by atoms with Crippen LogP contribution in [0.15, 0.2) is 11.1 Å². The molecule has 1 aliphatic rings. The molecule has 1 heterocycles. The number of nitrogens with zero attached hydrogens (tertiary/aromatic N) is 1. The summed E-state index contributed by atoms with van der Waals surface area (Å²) in [5.74, 6) is -0.137. The van der Waals surface area contributed by atoms with Gasteiger partial charge in [0.2, 0.25) is 11.8 Å². The van der Waals surface area contributed by atoms with Crippen molar-refractivity contribution >= 4 is 23.4 Å². The van der Waals surface area contributed by atoms with E-state index in [9.17, 15) is 9.59 Å². The molecule has 0 aromatic carbocycles. The number of halogens is 1. The van der Waals surface area contributed by atoms with Gasteiger partial charge in [0.05, 0.1) is 0 Å². The molecule has 1 fully saturated rings. The van der Waals surface area contributed by atoms with Crippen LogP contribution in [0, 0.1) is 0 Å². The average Bonchev–Trinajstić information content (AvgIpc) is 2.32. The summed E-state index contributed by atoms with van der Waals surface area (Å²) in [6.45, 7) is 7.74. The first kappa shape index (κ1) is 15.0. The number of piperazine rings is 1. The van der Waals surface area contributed by atoms with Crippen molar-refractivity contribution in [3.8, 4) is 0 Å². The highest BCUT2D eigenvalue weighted by Crippen LogP contribution is 2.23. The normalized spacial score (nSPS) is 24.2. The molecule has 5 heteroatoms. The van der Waals surface area contributed by atoms with E-state index in [4.69, 9.17) is 11.6 Å². The lowest BCUT2D eigenvalue weighted by molar-refractivity contribution is -0.154. The highest BCUT2D eigenvalue weighted by Gasteiger charge is 2.45. The Bertz CT molecular complexity index is 377. The van der Waals surface area contributed by atoms with E-state index in [-0.39, 0.29) is 11.8 Å². The van der Waals surface area contributed by atoms with Gasteiger partial charge in [-0.2, -0.15) is 0 Å². The predicted octanol–water partition coefficient (Wildman–Crippen LogP) is 2.03. The zero-order chi connectivity index (χ0) is 13.9. The summed E-state index contributed by atoms with van der Waals surface area (Å²) in [6.07, 6.45) is 1.52. The number of amides is 2. The molecule has 1 saturated heterocycles. The molecule has 1 N–H and O–H groups in total. The Hall–Kier alpha value is -1.03. The fourth-order valence-corrected chi connectivity index (χ4v) is 2.10. The third kappa shape index (κ3) is 2.86. The van der Waals surface area contributed by atoms with Gasteiger partial charge in [-0.3, -0.25) is 9.59 Å². The van der Waals surface area contributed by atoms with Crippen molar-refractivity contribution in [2.24, 2.45) is 0 Å². The minimum atomic E-state index is -0.831. The SMILES string of the molecule is CCCC1NC(=O)C(C)(C)N(CC(C)=CCl)C1=O. The highest BCUT2D eigenvalue weighted by molar-refractivity contribution is 6.25. The van der Waals surface area contributed by atoms with Gasteiger partial charge in [0.1, 0.15) is 11.6 Å². The molecule has 1 aliphatic heterocycles. The Morgan fingerprint density at radius 1 is 1.50 bits per heavy atom. The minimum absolute atomic E-state index is 0.0284. The van der Waals surface area contributed by atoms with E-state index in [1.54, 1.807) is 18.7 Å². The molecule has 0 aliphatic carbocycles. The van der Waals surface area contributed by atoms with Crippen LogP contribution in [0.1, 0.15) is 40.5 Å². The molecule has 1 unspecified atom stereocenters. The van der Waals surface area contributed by atoms with Gasteiger partial charge in [-0.05, 0) is 32.8 Å². The van der Waals surface area contributed by atoms with Gasteiger partial charge >= 0.3 is 0 Å². The summed E-state index contributed by atoms with van der Waals surface area (Å²) in [6, 6.07) is -0.404. The van der Waals surface area contributed by atoms with E-state index in [0.717, 1.165) is 12.0 Å². The maximum atomic E-state index is 12.4. The number of hydrogen-bond donors (Lipinski definition) is 1. The molecule has 0 radical (unpaired) electrons. The molecular formula is C13H21ClN2O2. The van der Waals surface area contributed by atoms with Crippen molar-refractivity contribution in [3.05, 3.63) is 11.1 Å². The van der Waals surface area contributed by atoms with Crippen LogP contribution in [-0.2, 0) is 9.59 Å². The van der Waals surface area contributed by atoms with E-state index >= 15 is 0 Å². The Morgan fingerprint density at radius 3 is 2.61 bits per heavy atom. The summed E-state index contributed by atoms with van der Waals surface area (Å²) < 4.78 is 0. The van der Waals surface area contributed by atoms with Gasteiger partial charge in [-0.25, -0.2) is 0 Å². The minimum Gasteiger partial charge on any atom is -0.342 e. The summed E-state index contributed by atoms with van der Waals surface area (Å²) >= 11 is 5.65. The lowest BCUT2D eigenvalue weighted by Crippen LogP contribution is -2.68. The van der Waals surface area contributed by atoms with Crippen molar-refractivity contribution < 1.29 is 9.59 Å². The van der Waals surface area contributed by atoms with E-state index in [1.165, 1.54) is 5.54 Å². The summed E-state index contributed by atoms with van der Waals surface area (Å²) in [5.41, 5.74) is 1.48. The molecular weight excluding hydrogens is 252 g/mol. The van der Waals surface area contributed by atoms with Crippen LogP contribution in [-0.4, -0.2) is 34.8 Å². The average molecular weight is 273 g/mol. The van der Waals surface area contributed by atoms with Crippen LogP contribution in [0.2, 0.25) is 0 Å². The maximum Gasteiger partial charge on any atom is 0.246 e. The molecule has 0 aromatic rings. The lowest BCUT2D eigenvalue weighted by atomic mass is 9.93. The quantitative estimate of drug-likeness (QED) is 0.851. The first-order valence-corrected chi connectivity index (χ1v) is 6.66. The van der Waals surface area contributed by atoms with Crippen molar-refractivity contribution in [1.82, 2.24) is 10.2 Å². The summed E-state index contributed by atoms with van der Waals surface area (Å²) in [7, 11) is 0. The van der Waals surface area contributed by atoms with Crippen molar-refractivity contribution in [2.75, 3.05) is 6.54 Å². The number of carbonyl (C=O) groups excluding carboxylic acids is 2. The molecule has 2 amide bonds. The van der Waals surface area contributed by atoms with Crippen LogP contribution in [0.4, 0.5) is 0 Å². The second kappa shape index (κ2) is 5.74. The van der Waals surface area contributed by atoms with E-state index in [1.807, 2.05) is 13.8 Å². The molecule has 0 spiro atoms. The Morgan fingerprint density at radius 2 is 2.11 bits per heavy atom. The second-order valence-electron chi connectivity index (χ2n) is 5.25. The predicted molar refractivity (Wildman–Crippen MR) is 72.2 cm³/mol. The monoisotopic (exact) mass is 272 g/mol. The van der Waals surface area contributed by atoms with Gasteiger partial charge in [-0.1, -0.05) is 24.9 Å². The molecule has 4 nitrogen and oxygen atoms in total. The molecule has 0 saturated carbocycles. The zero-order valence-corrected chi connectivity index (χ0v) is 12.2. The van der Waals surface area contributed by atoms with Crippen molar-refractivity contribution in [2.45, 2.75) is 52.1 Å². The number of carbonyl (C=O) groups is 2. The van der Waals surface area contributed by atoms with E-state index in [2.05, 4.69) is 5.32 Å². The van der Waals surface area contributed by atoms with Crippen LogP contribution < -0.4 is 5.32 Å². The zero-order valence-electron chi connectivity index (χ0n) is 11.4. The third-order valence-electron chi connectivity index (χ3n) is 3.27. The van der Waals surface area contributed by atoms with Crippen LogP contribution in [0.3, 0.4) is 0 Å². The lowest BCUT2D eigenvalue weighted by Gasteiger charge is -2.44. The maximum absolute atomic E-state index is 12.4. The van der Waals surface area contributed by atoms with E-state index < -0.39 is 11.6 Å². The molecule has 102 valence electrons. The molecule has 0 bridgehead atoms. The van der Waals surface area contributed by atoms with Gasteiger partial charge in [0.25, 0.3) is 0 Å². The van der Waals surface area contributed by atoms with Gasteiger partial charge in [0.15, 0.2) is 0 Å². The molecule has 1 rings (SSSR count). The topological polar surface area (TPSA) is 49.4 Å². The Balaban J connectivity index is 2.99. The summed E-state index contributed by atoms with van der Waals surface area (Å²) in [4.78, 5) is 26.0. The highest BCUT2D eigenvalue weighted by atomic mass is 35.5. The fraction of sp³-hybridized carbons (Fsp3) is 0.692. The molecule has 1 atom stereocenters. The summed E-state index contributed by atoms with van der Waals surface area (Å²) in [5, 5.41) is 2.80. The van der Waals surface area contributed by atoms with Crippen LogP contribution in [0.5, 0.6) is 0 Å². The van der Waals surface area contributed by atoms with Crippen molar-refractivity contribution in [3.63, 3.8) is 0 Å². The second-order valence-corrected chi connectivity index (χ2v) is 5.47. The number of hydrogen-bond acceptors (Lipinski definition) is 2. The van der Waals surface area contributed by atoms with Crippen LogP contribution in [0.25, 0.3) is 0 Å². The van der Waals surface area contributed by atoms with Crippen molar-refractivity contribution in [1.29, 1.82) is 0 Å². The standard InChI is InChI=1S/C13H21ClN2O2/c1-5-6-10-11(17)16(8-9(2)7-14)13(3,4)12(18)15-10/h7,10H,5-6,8H2,1-4H3,(H,15,18).